The molecule has 2 nitrogen and oxygen atoms in total. The first kappa shape index (κ1) is 22.6. The summed E-state index contributed by atoms with van der Waals surface area (Å²) in [5.74, 6) is 0.943. The van der Waals surface area contributed by atoms with Crippen molar-refractivity contribution in [3.8, 4) is 5.75 Å². The molecule has 1 heterocycles. The fraction of sp³-hybridized carbons (Fsp3) is 0.310. The number of rotatable bonds is 6. The van der Waals surface area contributed by atoms with E-state index >= 15 is 0 Å². The molecule has 0 saturated carbocycles. The molecule has 3 aromatic carbocycles. The zero-order valence-corrected chi connectivity index (χ0v) is 19.7. The first-order valence-corrected chi connectivity index (χ1v) is 11.6. The first-order valence-electron chi connectivity index (χ1n) is 11.6. The molecule has 0 unspecified atom stereocenters. The van der Waals surface area contributed by atoms with Gasteiger partial charge in [0, 0.05) is 6.54 Å². The molecular formula is C29H32ClNO. The van der Waals surface area contributed by atoms with E-state index in [2.05, 4.69) is 77.7 Å². The summed E-state index contributed by atoms with van der Waals surface area (Å²) in [5.41, 5.74) is 9.63. The highest BCUT2D eigenvalue weighted by Gasteiger charge is 2.22. The molecule has 0 aromatic heterocycles. The van der Waals surface area contributed by atoms with Crippen molar-refractivity contribution in [1.82, 2.24) is 4.90 Å². The maximum Gasteiger partial charge on any atom is 0.119 e. The lowest BCUT2D eigenvalue weighted by atomic mass is 9.79. The molecule has 1 aliphatic heterocycles. The number of hydrogen-bond acceptors (Lipinski definition) is 2. The summed E-state index contributed by atoms with van der Waals surface area (Å²) < 4.78 is 5.50. The Hall–Kier alpha value is -2.55. The van der Waals surface area contributed by atoms with Gasteiger partial charge in [-0.1, -0.05) is 60.7 Å². The zero-order chi connectivity index (χ0) is 21.0. The number of halogens is 1. The van der Waals surface area contributed by atoms with Crippen LogP contribution in [-0.2, 0) is 12.8 Å². The van der Waals surface area contributed by atoms with Gasteiger partial charge in [0.05, 0.1) is 7.11 Å². The third-order valence-electron chi connectivity index (χ3n) is 6.81. The molecule has 1 saturated heterocycles. The summed E-state index contributed by atoms with van der Waals surface area (Å²) in [7, 11) is 1.75. The average molecular weight is 446 g/mol. The number of benzene rings is 3. The minimum Gasteiger partial charge on any atom is -0.497 e. The summed E-state index contributed by atoms with van der Waals surface area (Å²) in [4.78, 5) is 2.59. The topological polar surface area (TPSA) is 12.5 Å². The number of fused-ring (bicyclic) bond motifs is 1. The quantitative estimate of drug-likeness (QED) is 0.420. The van der Waals surface area contributed by atoms with E-state index in [9.17, 15) is 0 Å². The number of aryl methyl sites for hydroxylation is 1. The highest BCUT2D eigenvalue weighted by molar-refractivity contribution is 6.00. The van der Waals surface area contributed by atoms with Gasteiger partial charge in [0.25, 0.3) is 0 Å². The Balaban J connectivity index is 0.00000245. The van der Waals surface area contributed by atoms with E-state index in [0.29, 0.717) is 0 Å². The standard InChI is InChI=1S/C29H31NO.ClH/c1-31-26-14-16-28-25(21-26)13-15-27(23-7-3-2-4-8-23)29(28)24-11-9-22(10-12-24)17-20-30-18-5-6-19-30;/h2-4,7-12,14,16,21H,5-6,13,15,17-20H2,1H3;1H. The van der Waals surface area contributed by atoms with Gasteiger partial charge in [-0.3, -0.25) is 0 Å². The van der Waals surface area contributed by atoms with Crippen molar-refractivity contribution >= 4 is 23.6 Å². The Labute approximate surface area is 198 Å². The highest BCUT2D eigenvalue weighted by Crippen LogP contribution is 2.41. The van der Waals surface area contributed by atoms with Crippen LogP contribution in [0, 0.1) is 0 Å². The minimum absolute atomic E-state index is 0. The van der Waals surface area contributed by atoms with Crippen molar-refractivity contribution in [2.45, 2.75) is 32.1 Å². The fourth-order valence-corrected chi connectivity index (χ4v) is 5.08. The van der Waals surface area contributed by atoms with Crippen molar-refractivity contribution in [3.63, 3.8) is 0 Å². The molecule has 2 aliphatic rings. The summed E-state index contributed by atoms with van der Waals surface area (Å²) in [5, 5.41) is 0. The molecule has 0 amide bonds. The largest absolute Gasteiger partial charge is 0.497 e. The minimum atomic E-state index is 0. The van der Waals surface area contributed by atoms with Gasteiger partial charge in [-0.15, -0.1) is 12.4 Å². The molecule has 5 rings (SSSR count). The molecule has 0 bridgehead atoms. The lowest BCUT2D eigenvalue weighted by Crippen LogP contribution is -2.21. The number of hydrogen-bond donors (Lipinski definition) is 0. The van der Waals surface area contributed by atoms with E-state index in [0.717, 1.165) is 25.0 Å². The predicted molar refractivity (Wildman–Crippen MR) is 137 cm³/mol. The average Bonchev–Trinajstić information content (AvgIpc) is 3.36. The first-order chi connectivity index (χ1) is 15.3. The summed E-state index contributed by atoms with van der Waals surface area (Å²) in [6, 6.07) is 26.7. The van der Waals surface area contributed by atoms with Gasteiger partial charge in [0.2, 0.25) is 0 Å². The van der Waals surface area contributed by atoms with E-state index in [1.165, 1.54) is 71.4 Å². The van der Waals surface area contributed by atoms with Crippen LogP contribution in [0.3, 0.4) is 0 Å². The molecule has 0 atom stereocenters. The number of methoxy groups -OCH3 is 1. The van der Waals surface area contributed by atoms with Crippen molar-refractivity contribution in [1.29, 1.82) is 0 Å². The van der Waals surface area contributed by atoms with E-state index in [1.807, 2.05) is 0 Å². The van der Waals surface area contributed by atoms with Crippen LogP contribution in [-0.4, -0.2) is 31.6 Å². The number of likely N-dealkylation sites (tertiary alicyclic amines) is 1. The maximum absolute atomic E-state index is 5.50. The van der Waals surface area contributed by atoms with E-state index in [-0.39, 0.29) is 12.4 Å². The van der Waals surface area contributed by atoms with Crippen LogP contribution in [0.4, 0.5) is 0 Å². The zero-order valence-electron chi connectivity index (χ0n) is 18.8. The summed E-state index contributed by atoms with van der Waals surface area (Å²) in [6.07, 6.45) is 5.96. The van der Waals surface area contributed by atoms with Crippen LogP contribution in [0.2, 0.25) is 0 Å². The third-order valence-corrected chi connectivity index (χ3v) is 6.81. The van der Waals surface area contributed by atoms with Crippen molar-refractivity contribution in [3.05, 3.63) is 101 Å². The number of allylic oxidation sites excluding steroid dienone is 1. The molecule has 3 heteroatoms. The van der Waals surface area contributed by atoms with Crippen molar-refractivity contribution in [2.24, 2.45) is 0 Å². The van der Waals surface area contributed by atoms with Gasteiger partial charge in [-0.25, -0.2) is 0 Å². The fourth-order valence-electron chi connectivity index (χ4n) is 5.08. The second-order valence-electron chi connectivity index (χ2n) is 8.74. The van der Waals surface area contributed by atoms with E-state index < -0.39 is 0 Å². The van der Waals surface area contributed by atoms with Crippen molar-refractivity contribution < 1.29 is 4.74 Å². The Morgan fingerprint density at radius 1 is 0.812 bits per heavy atom. The molecule has 1 aliphatic carbocycles. The highest BCUT2D eigenvalue weighted by atomic mass is 35.5. The molecular weight excluding hydrogens is 414 g/mol. The predicted octanol–water partition coefficient (Wildman–Crippen LogP) is 6.66. The van der Waals surface area contributed by atoms with Gasteiger partial charge in [-0.05, 0) is 96.3 Å². The second kappa shape index (κ2) is 10.4. The van der Waals surface area contributed by atoms with Crippen LogP contribution in [0.1, 0.15) is 47.1 Å². The van der Waals surface area contributed by atoms with Gasteiger partial charge in [0.15, 0.2) is 0 Å². The molecule has 3 aromatic rings. The van der Waals surface area contributed by atoms with Crippen molar-refractivity contribution in [2.75, 3.05) is 26.7 Å². The van der Waals surface area contributed by atoms with Gasteiger partial charge in [0.1, 0.15) is 5.75 Å². The van der Waals surface area contributed by atoms with Crippen LogP contribution in [0.25, 0.3) is 11.1 Å². The monoisotopic (exact) mass is 445 g/mol. The lowest BCUT2D eigenvalue weighted by molar-refractivity contribution is 0.343. The van der Waals surface area contributed by atoms with Crippen LogP contribution in [0.5, 0.6) is 5.75 Å². The second-order valence-corrected chi connectivity index (χ2v) is 8.74. The number of ether oxygens (including phenoxy) is 1. The molecule has 0 spiro atoms. The normalized spacial score (nSPS) is 15.9. The van der Waals surface area contributed by atoms with Crippen LogP contribution < -0.4 is 4.74 Å². The molecule has 166 valence electrons. The molecule has 0 N–H and O–H groups in total. The van der Waals surface area contributed by atoms with E-state index in [4.69, 9.17) is 4.74 Å². The smallest absolute Gasteiger partial charge is 0.119 e. The molecule has 32 heavy (non-hydrogen) atoms. The molecule has 0 radical (unpaired) electrons. The SMILES string of the molecule is COc1ccc2c(c1)CCC(c1ccccc1)=C2c1ccc(CCN2CCCC2)cc1.Cl. The Morgan fingerprint density at radius 3 is 2.28 bits per heavy atom. The third kappa shape index (κ3) is 4.77. The van der Waals surface area contributed by atoms with Gasteiger partial charge in [-0.2, -0.15) is 0 Å². The van der Waals surface area contributed by atoms with E-state index in [1.54, 1.807) is 7.11 Å². The Kier molecular flexibility index (Phi) is 7.34. The Bertz CT molecular complexity index is 1070. The van der Waals surface area contributed by atoms with Gasteiger partial charge >= 0.3 is 0 Å². The van der Waals surface area contributed by atoms with Crippen LogP contribution >= 0.6 is 12.4 Å². The Morgan fingerprint density at radius 2 is 1.56 bits per heavy atom. The van der Waals surface area contributed by atoms with Crippen LogP contribution in [0.15, 0.2) is 72.8 Å². The number of nitrogens with zero attached hydrogens (tertiary/aromatic N) is 1. The summed E-state index contributed by atoms with van der Waals surface area (Å²) in [6.45, 7) is 3.72. The maximum atomic E-state index is 5.50. The lowest BCUT2D eigenvalue weighted by Gasteiger charge is -2.25. The van der Waals surface area contributed by atoms with Gasteiger partial charge < -0.3 is 9.64 Å². The molecule has 1 fully saturated rings. The summed E-state index contributed by atoms with van der Waals surface area (Å²) >= 11 is 0.